The first-order valence-electron chi connectivity index (χ1n) is 9.50. The summed E-state index contributed by atoms with van der Waals surface area (Å²) in [5.74, 6) is 0.332. The number of methoxy groups -OCH3 is 2. The van der Waals surface area contributed by atoms with E-state index in [-0.39, 0.29) is 18.7 Å². The maximum Gasteiger partial charge on any atom is 0.264 e. The minimum atomic E-state index is -1.92. The molecule has 1 aliphatic heterocycles. The van der Waals surface area contributed by atoms with Gasteiger partial charge >= 0.3 is 0 Å². The fourth-order valence-corrected chi connectivity index (χ4v) is 5.10. The Balaban J connectivity index is 1.67. The molecule has 1 atom stereocenters. The fourth-order valence-electron chi connectivity index (χ4n) is 3.78. The van der Waals surface area contributed by atoms with Gasteiger partial charge in [0.05, 0.1) is 41.5 Å². The first kappa shape index (κ1) is 21.5. The van der Waals surface area contributed by atoms with Crippen molar-refractivity contribution in [3.8, 4) is 11.5 Å². The van der Waals surface area contributed by atoms with Crippen molar-refractivity contribution in [2.75, 3.05) is 19.1 Å². The molecule has 0 aliphatic carbocycles. The van der Waals surface area contributed by atoms with Crippen molar-refractivity contribution in [3.05, 3.63) is 74.4 Å². The minimum absolute atomic E-state index is 0.219. The molecule has 1 aliphatic rings. The number of para-hydroxylation sites is 1. The summed E-state index contributed by atoms with van der Waals surface area (Å²) in [5, 5.41) is 11.4. The average molecular weight is 502 g/mol. The van der Waals surface area contributed by atoms with Crippen molar-refractivity contribution >= 4 is 44.6 Å². The van der Waals surface area contributed by atoms with Gasteiger partial charge in [0, 0.05) is 5.56 Å². The number of rotatable bonds is 7. The molecule has 2 aromatic carbocycles. The highest BCUT2D eigenvalue weighted by Gasteiger charge is 2.50. The molecule has 6 nitrogen and oxygen atoms in total. The van der Waals surface area contributed by atoms with Crippen LogP contribution in [0.15, 0.2) is 58.4 Å². The number of fused-ring (bicyclic) bond motifs is 1. The van der Waals surface area contributed by atoms with Crippen LogP contribution >= 0.6 is 27.3 Å². The highest BCUT2D eigenvalue weighted by molar-refractivity contribution is 9.11. The number of aliphatic hydroxyl groups is 1. The number of Topliss-reactive ketones (excluding diaryl/α,β-unsaturated/α-hetero) is 1. The molecular weight excluding hydrogens is 482 g/mol. The van der Waals surface area contributed by atoms with Crippen molar-refractivity contribution in [2.24, 2.45) is 0 Å². The highest BCUT2D eigenvalue weighted by Crippen LogP contribution is 2.44. The number of hydrogen-bond donors (Lipinski definition) is 1. The summed E-state index contributed by atoms with van der Waals surface area (Å²) in [6, 6.07) is 15.9. The smallest absolute Gasteiger partial charge is 0.264 e. The van der Waals surface area contributed by atoms with E-state index in [1.165, 1.54) is 16.2 Å². The Morgan fingerprint density at radius 1 is 1.10 bits per heavy atom. The number of halogens is 1. The van der Waals surface area contributed by atoms with Crippen molar-refractivity contribution in [1.82, 2.24) is 0 Å². The molecule has 3 aromatic rings. The third kappa shape index (κ3) is 3.86. The van der Waals surface area contributed by atoms with Crippen molar-refractivity contribution in [3.63, 3.8) is 0 Å². The molecule has 0 saturated heterocycles. The zero-order valence-corrected chi connectivity index (χ0v) is 19.3. The van der Waals surface area contributed by atoms with Gasteiger partial charge in [0.2, 0.25) is 0 Å². The first-order valence-corrected chi connectivity index (χ1v) is 11.1. The quantitative estimate of drug-likeness (QED) is 0.481. The van der Waals surface area contributed by atoms with Gasteiger partial charge in [-0.2, -0.15) is 0 Å². The van der Waals surface area contributed by atoms with Crippen LogP contribution in [0, 0.1) is 0 Å². The van der Waals surface area contributed by atoms with Crippen LogP contribution in [0.1, 0.15) is 27.2 Å². The maximum absolute atomic E-state index is 13.4. The molecule has 8 heteroatoms. The SMILES string of the molecule is COc1ccc(CN2C(=O)[C@](O)(CC(=O)c3ccc(Br)s3)c3ccccc32)cc1OC. The molecule has 0 fully saturated rings. The van der Waals surface area contributed by atoms with Crippen molar-refractivity contribution in [2.45, 2.75) is 18.6 Å². The van der Waals surface area contributed by atoms with Crippen molar-refractivity contribution < 1.29 is 24.2 Å². The van der Waals surface area contributed by atoms with E-state index < -0.39 is 11.5 Å². The van der Waals surface area contributed by atoms with Gasteiger partial charge in [0.1, 0.15) is 0 Å². The molecule has 31 heavy (non-hydrogen) atoms. The second-order valence-corrected chi connectivity index (χ2v) is 9.62. The molecule has 4 rings (SSSR count). The Morgan fingerprint density at radius 2 is 1.84 bits per heavy atom. The maximum atomic E-state index is 13.4. The van der Waals surface area contributed by atoms with Crippen LogP contribution in [-0.2, 0) is 16.9 Å². The molecule has 1 amide bonds. The summed E-state index contributed by atoms with van der Waals surface area (Å²) in [6.45, 7) is 0.219. The summed E-state index contributed by atoms with van der Waals surface area (Å²) in [4.78, 5) is 28.2. The third-order valence-corrected chi connectivity index (χ3v) is 6.96. The summed E-state index contributed by atoms with van der Waals surface area (Å²) in [6.07, 6.45) is -0.321. The standard InChI is InChI=1S/C23H20BrNO5S/c1-29-18-8-7-14(11-19(18)30-2)13-25-16-6-4-3-5-15(16)23(28,22(25)27)12-17(26)20-9-10-21(24)31-20/h3-11,28H,12-13H2,1-2H3/t23-/m0/s1. The summed E-state index contributed by atoms with van der Waals surface area (Å²) < 4.78 is 11.4. The Hall–Kier alpha value is -2.68. The molecule has 1 N–H and O–H groups in total. The Kier molecular flexibility index (Phi) is 5.88. The van der Waals surface area contributed by atoms with Gasteiger partial charge in [-0.15, -0.1) is 11.3 Å². The molecule has 0 radical (unpaired) electrons. The zero-order valence-electron chi connectivity index (χ0n) is 16.9. The number of amides is 1. The van der Waals surface area contributed by atoms with Crippen LogP contribution in [0.4, 0.5) is 5.69 Å². The van der Waals surface area contributed by atoms with E-state index in [0.717, 1.165) is 9.35 Å². The van der Waals surface area contributed by atoms with Crippen LogP contribution in [0.3, 0.4) is 0 Å². The number of thiophene rings is 1. The van der Waals surface area contributed by atoms with Gasteiger partial charge in [0.15, 0.2) is 22.9 Å². The number of nitrogens with zero attached hydrogens (tertiary/aromatic N) is 1. The van der Waals surface area contributed by atoms with Crippen LogP contribution < -0.4 is 14.4 Å². The minimum Gasteiger partial charge on any atom is -0.493 e. The zero-order chi connectivity index (χ0) is 22.2. The number of carbonyl (C=O) groups excluding carboxylic acids is 2. The normalized spacial score (nSPS) is 17.5. The topological polar surface area (TPSA) is 76.1 Å². The van der Waals surface area contributed by atoms with Crippen LogP contribution in [0.25, 0.3) is 0 Å². The molecular formula is C23H20BrNO5S. The van der Waals surface area contributed by atoms with Gasteiger partial charge < -0.3 is 19.5 Å². The van der Waals surface area contributed by atoms with E-state index in [1.807, 2.05) is 6.07 Å². The van der Waals surface area contributed by atoms with Gasteiger partial charge in [-0.25, -0.2) is 0 Å². The number of ether oxygens (including phenoxy) is 2. The number of carbonyl (C=O) groups is 2. The number of hydrogen-bond acceptors (Lipinski definition) is 6. The predicted octanol–water partition coefficient (Wildman–Crippen LogP) is 4.54. The number of benzene rings is 2. The third-order valence-electron chi connectivity index (χ3n) is 5.29. The molecule has 0 bridgehead atoms. The lowest BCUT2D eigenvalue weighted by molar-refractivity contribution is -0.136. The van der Waals surface area contributed by atoms with Gasteiger partial charge in [-0.05, 0) is 51.8 Å². The monoisotopic (exact) mass is 501 g/mol. The van der Waals surface area contributed by atoms with E-state index in [0.29, 0.717) is 27.6 Å². The average Bonchev–Trinajstić information content (AvgIpc) is 3.30. The van der Waals surface area contributed by atoms with Crippen LogP contribution in [-0.4, -0.2) is 31.0 Å². The van der Waals surface area contributed by atoms with Gasteiger partial charge in [-0.1, -0.05) is 24.3 Å². The lowest BCUT2D eigenvalue weighted by Crippen LogP contribution is -2.41. The van der Waals surface area contributed by atoms with E-state index in [9.17, 15) is 14.7 Å². The molecule has 2 heterocycles. The van der Waals surface area contributed by atoms with E-state index >= 15 is 0 Å². The molecule has 160 valence electrons. The Labute approximate surface area is 192 Å². The second kappa shape index (κ2) is 8.45. The second-order valence-electron chi connectivity index (χ2n) is 7.16. The molecule has 1 aromatic heterocycles. The van der Waals surface area contributed by atoms with Crippen LogP contribution in [0.2, 0.25) is 0 Å². The van der Waals surface area contributed by atoms with E-state index in [2.05, 4.69) is 15.9 Å². The largest absolute Gasteiger partial charge is 0.493 e. The molecule has 0 spiro atoms. The lowest BCUT2D eigenvalue weighted by atomic mass is 9.89. The van der Waals surface area contributed by atoms with E-state index in [4.69, 9.17) is 9.47 Å². The van der Waals surface area contributed by atoms with Crippen molar-refractivity contribution in [1.29, 1.82) is 0 Å². The highest BCUT2D eigenvalue weighted by atomic mass is 79.9. The summed E-state index contributed by atoms with van der Waals surface area (Å²) in [7, 11) is 3.10. The van der Waals surface area contributed by atoms with Gasteiger partial charge in [-0.3, -0.25) is 9.59 Å². The molecule has 0 unspecified atom stereocenters. The summed E-state index contributed by atoms with van der Waals surface area (Å²) in [5.41, 5.74) is -0.0892. The summed E-state index contributed by atoms with van der Waals surface area (Å²) >= 11 is 4.62. The Morgan fingerprint density at radius 3 is 2.52 bits per heavy atom. The fraction of sp³-hybridized carbons (Fsp3) is 0.217. The predicted molar refractivity (Wildman–Crippen MR) is 122 cm³/mol. The lowest BCUT2D eigenvalue weighted by Gasteiger charge is -2.23. The molecule has 0 saturated carbocycles. The van der Waals surface area contributed by atoms with Crippen LogP contribution in [0.5, 0.6) is 11.5 Å². The number of anilines is 1. The Bertz CT molecular complexity index is 1160. The number of ketones is 1. The van der Waals surface area contributed by atoms with Gasteiger partial charge in [0.25, 0.3) is 5.91 Å². The van der Waals surface area contributed by atoms with E-state index in [1.54, 1.807) is 62.8 Å². The first-order chi connectivity index (χ1) is 14.9.